The predicted octanol–water partition coefficient (Wildman–Crippen LogP) is 2.61. The molecule has 0 aliphatic rings. The maximum Gasteiger partial charge on any atom is 0.319 e. The molecule has 0 aromatic heterocycles. The molecular formula is C12H17N3O4. The highest BCUT2D eigenvalue weighted by Gasteiger charge is 2.14. The van der Waals surface area contributed by atoms with Gasteiger partial charge in [0, 0.05) is 18.3 Å². The molecule has 0 bridgehead atoms. The maximum absolute atomic E-state index is 11.5. The fourth-order valence-electron chi connectivity index (χ4n) is 1.50. The molecule has 0 aliphatic heterocycles. The summed E-state index contributed by atoms with van der Waals surface area (Å²) >= 11 is 0. The summed E-state index contributed by atoms with van der Waals surface area (Å²) < 4.78 is 0. The topological polar surface area (TPSA) is 104 Å². The monoisotopic (exact) mass is 267 g/mol. The van der Waals surface area contributed by atoms with Crippen LogP contribution in [0.4, 0.5) is 16.2 Å². The van der Waals surface area contributed by atoms with Crippen LogP contribution in [-0.2, 0) is 0 Å². The Morgan fingerprint density at radius 2 is 2.16 bits per heavy atom. The van der Waals surface area contributed by atoms with Gasteiger partial charge in [0.15, 0.2) is 5.75 Å². The van der Waals surface area contributed by atoms with Gasteiger partial charge in [0.1, 0.15) is 0 Å². The summed E-state index contributed by atoms with van der Waals surface area (Å²) in [6.45, 7) is 2.62. The Balaban J connectivity index is 2.55. The molecule has 1 aromatic carbocycles. The van der Waals surface area contributed by atoms with Crippen molar-refractivity contribution >= 4 is 17.4 Å². The quantitative estimate of drug-likeness (QED) is 0.319. The number of hydrogen-bond acceptors (Lipinski definition) is 4. The third-order valence-electron chi connectivity index (χ3n) is 2.50. The number of carbonyl (C=O) groups is 1. The normalized spacial score (nSPS) is 9.95. The molecule has 0 unspecified atom stereocenters. The first-order chi connectivity index (χ1) is 9.04. The van der Waals surface area contributed by atoms with E-state index >= 15 is 0 Å². The molecule has 0 heterocycles. The number of anilines is 1. The molecule has 104 valence electrons. The molecule has 0 radical (unpaired) electrons. The molecule has 7 nitrogen and oxygen atoms in total. The Labute approximate surface area is 110 Å². The van der Waals surface area contributed by atoms with Gasteiger partial charge in [-0.3, -0.25) is 10.1 Å². The van der Waals surface area contributed by atoms with Crippen molar-refractivity contribution in [3.63, 3.8) is 0 Å². The van der Waals surface area contributed by atoms with Gasteiger partial charge in [-0.25, -0.2) is 4.79 Å². The summed E-state index contributed by atoms with van der Waals surface area (Å²) in [5.74, 6) is -0.432. The minimum atomic E-state index is -0.709. The van der Waals surface area contributed by atoms with Crippen LogP contribution in [0.25, 0.3) is 0 Å². The number of nitrogens with zero attached hydrogens (tertiary/aromatic N) is 1. The lowest BCUT2D eigenvalue weighted by Gasteiger charge is -2.07. The molecule has 2 amide bonds. The van der Waals surface area contributed by atoms with E-state index in [4.69, 9.17) is 0 Å². The van der Waals surface area contributed by atoms with Crippen molar-refractivity contribution in [2.45, 2.75) is 26.2 Å². The van der Waals surface area contributed by atoms with E-state index in [-0.39, 0.29) is 5.69 Å². The highest BCUT2D eigenvalue weighted by Crippen LogP contribution is 2.28. The molecule has 0 spiro atoms. The molecule has 3 N–H and O–H groups in total. The number of phenols is 1. The van der Waals surface area contributed by atoms with Crippen molar-refractivity contribution in [2.75, 3.05) is 11.9 Å². The summed E-state index contributed by atoms with van der Waals surface area (Å²) in [4.78, 5) is 21.4. The number of amides is 2. The lowest BCUT2D eigenvalue weighted by molar-refractivity contribution is -0.385. The van der Waals surface area contributed by atoms with E-state index in [1.54, 1.807) is 0 Å². The third kappa shape index (κ3) is 4.82. The SMILES string of the molecule is CCCCCNC(=O)Nc1ccc(O)c([N+](=O)[O-])c1. The zero-order valence-corrected chi connectivity index (χ0v) is 10.7. The second-order valence-electron chi connectivity index (χ2n) is 4.05. The van der Waals surface area contributed by atoms with E-state index in [2.05, 4.69) is 17.6 Å². The maximum atomic E-state index is 11.5. The highest BCUT2D eigenvalue weighted by atomic mass is 16.6. The number of aromatic hydroxyl groups is 1. The average molecular weight is 267 g/mol. The van der Waals surface area contributed by atoms with Crippen LogP contribution in [-0.4, -0.2) is 22.6 Å². The van der Waals surface area contributed by atoms with Crippen LogP contribution in [0, 0.1) is 10.1 Å². The molecule has 7 heteroatoms. The number of phenolic OH excluding ortho intramolecular Hbond substituents is 1. The van der Waals surface area contributed by atoms with Gasteiger partial charge in [-0.1, -0.05) is 19.8 Å². The number of rotatable bonds is 6. The summed E-state index contributed by atoms with van der Waals surface area (Å²) in [6, 6.07) is 3.26. The Hall–Kier alpha value is -2.31. The van der Waals surface area contributed by atoms with Gasteiger partial charge in [-0.05, 0) is 18.6 Å². The standard InChI is InChI=1S/C12H17N3O4/c1-2-3-4-7-13-12(17)14-9-5-6-11(16)10(8-9)15(18)19/h5-6,8,16H,2-4,7H2,1H3,(H2,13,14,17). The number of nitro groups is 1. The first-order valence-electron chi connectivity index (χ1n) is 6.07. The fraction of sp³-hybridized carbons (Fsp3) is 0.417. The van der Waals surface area contributed by atoms with Crippen LogP contribution in [0.2, 0.25) is 0 Å². The second kappa shape index (κ2) is 7.20. The lowest BCUT2D eigenvalue weighted by Crippen LogP contribution is -2.29. The molecule has 0 saturated heterocycles. The Morgan fingerprint density at radius 1 is 1.42 bits per heavy atom. The van der Waals surface area contributed by atoms with Gasteiger partial charge in [0.25, 0.3) is 0 Å². The number of benzene rings is 1. The summed E-state index contributed by atoms with van der Waals surface area (Å²) in [5, 5.41) is 25.0. The number of nitrogens with one attached hydrogen (secondary N) is 2. The number of carbonyl (C=O) groups excluding carboxylic acids is 1. The molecular weight excluding hydrogens is 250 g/mol. The average Bonchev–Trinajstić information content (AvgIpc) is 2.36. The molecule has 1 aromatic rings. The van der Waals surface area contributed by atoms with Gasteiger partial charge in [0.05, 0.1) is 4.92 Å². The van der Waals surface area contributed by atoms with E-state index in [0.29, 0.717) is 6.54 Å². The van der Waals surface area contributed by atoms with Gasteiger partial charge in [-0.2, -0.15) is 0 Å². The summed E-state index contributed by atoms with van der Waals surface area (Å²) in [7, 11) is 0. The van der Waals surface area contributed by atoms with Gasteiger partial charge >= 0.3 is 11.7 Å². The smallest absolute Gasteiger partial charge is 0.319 e. The largest absolute Gasteiger partial charge is 0.502 e. The van der Waals surface area contributed by atoms with Crippen LogP contribution >= 0.6 is 0 Å². The molecule has 0 atom stereocenters. The van der Waals surface area contributed by atoms with E-state index in [1.165, 1.54) is 12.1 Å². The number of hydrogen-bond donors (Lipinski definition) is 3. The van der Waals surface area contributed by atoms with Crippen LogP contribution in [0.15, 0.2) is 18.2 Å². The number of nitro benzene ring substituents is 1. The minimum Gasteiger partial charge on any atom is -0.502 e. The second-order valence-corrected chi connectivity index (χ2v) is 4.05. The van der Waals surface area contributed by atoms with Crippen LogP contribution in [0.5, 0.6) is 5.75 Å². The van der Waals surface area contributed by atoms with Gasteiger partial charge in [0.2, 0.25) is 0 Å². The van der Waals surface area contributed by atoms with Crippen molar-refractivity contribution in [3.8, 4) is 5.75 Å². The molecule has 0 fully saturated rings. The van der Waals surface area contributed by atoms with Gasteiger partial charge in [-0.15, -0.1) is 0 Å². The van der Waals surface area contributed by atoms with Crippen molar-refractivity contribution in [1.82, 2.24) is 5.32 Å². The molecule has 1 rings (SSSR count). The summed E-state index contributed by atoms with van der Waals surface area (Å²) in [6.07, 6.45) is 2.98. The zero-order chi connectivity index (χ0) is 14.3. The Bertz CT molecular complexity index is 462. The molecule has 0 saturated carbocycles. The van der Waals surface area contributed by atoms with E-state index in [1.807, 2.05) is 0 Å². The van der Waals surface area contributed by atoms with Crippen LogP contribution in [0.1, 0.15) is 26.2 Å². The molecule has 0 aliphatic carbocycles. The van der Waals surface area contributed by atoms with Crippen molar-refractivity contribution in [1.29, 1.82) is 0 Å². The van der Waals surface area contributed by atoms with E-state index in [0.717, 1.165) is 25.3 Å². The molecule has 19 heavy (non-hydrogen) atoms. The fourth-order valence-corrected chi connectivity index (χ4v) is 1.50. The van der Waals surface area contributed by atoms with Crippen molar-refractivity contribution < 1.29 is 14.8 Å². The lowest BCUT2D eigenvalue weighted by atomic mass is 10.2. The van der Waals surface area contributed by atoms with Crippen molar-refractivity contribution in [2.24, 2.45) is 0 Å². The first-order valence-corrected chi connectivity index (χ1v) is 6.07. The number of unbranched alkanes of at least 4 members (excludes halogenated alkanes) is 2. The van der Waals surface area contributed by atoms with Crippen LogP contribution < -0.4 is 10.6 Å². The third-order valence-corrected chi connectivity index (χ3v) is 2.50. The van der Waals surface area contributed by atoms with E-state index in [9.17, 15) is 20.0 Å². The Morgan fingerprint density at radius 3 is 2.79 bits per heavy atom. The zero-order valence-electron chi connectivity index (χ0n) is 10.7. The van der Waals surface area contributed by atoms with Crippen molar-refractivity contribution in [3.05, 3.63) is 28.3 Å². The highest BCUT2D eigenvalue weighted by molar-refractivity contribution is 5.89. The Kier molecular flexibility index (Phi) is 5.59. The van der Waals surface area contributed by atoms with Crippen LogP contribution in [0.3, 0.4) is 0 Å². The van der Waals surface area contributed by atoms with Gasteiger partial charge < -0.3 is 15.7 Å². The van der Waals surface area contributed by atoms with E-state index < -0.39 is 22.4 Å². The summed E-state index contributed by atoms with van der Waals surface area (Å²) in [5.41, 5.74) is -0.179. The minimum absolute atomic E-state index is 0.262. The number of urea groups is 1. The predicted molar refractivity (Wildman–Crippen MR) is 71.3 cm³/mol. The first kappa shape index (κ1) is 14.7.